The highest BCUT2D eigenvalue weighted by Gasteiger charge is 2.18. The summed E-state index contributed by atoms with van der Waals surface area (Å²) in [5.74, 6) is 0.806. The van der Waals surface area contributed by atoms with Gasteiger partial charge in [0.05, 0.1) is 12.3 Å². The summed E-state index contributed by atoms with van der Waals surface area (Å²) in [6.07, 6.45) is 6.42. The second-order valence-corrected chi connectivity index (χ2v) is 3.02. The van der Waals surface area contributed by atoms with Crippen LogP contribution in [0.25, 0.3) is 0 Å². The van der Waals surface area contributed by atoms with Crippen molar-refractivity contribution in [3.63, 3.8) is 0 Å². The van der Waals surface area contributed by atoms with Crippen molar-refractivity contribution in [1.29, 1.82) is 0 Å². The Kier molecular flexibility index (Phi) is 3.72. The number of ether oxygens (including phenoxy) is 1. The number of aryl methyl sites for hydroxylation is 1. The first-order valence-corrected chi connectivity index (χ1v) is 4.72. The van der Waals surface area contributed by atoms with Crippen molar-refractivity contribution >= 4 is 17.6 Å². The fraction of sp³-hybridized carbons (Fsp3) is 0.273. The van der Waals surface area contributed by atoms with Gasteiger partial charge >= 0.3 is 5.97 Å². The summed E-state index contributed by atoms with van der Waals surface area (Å²) < 4.78 is 4.86. The zero-order chi connectivity index (χ0) is 12.1. The van der Waals surface area contributed by atoms with Crippen LogP contribution in [0.1, 0.15) is 23.0 Å². The minimum Gasteiger partial charge on any atom is -0.462 e. The molecule has 0 spiro atoms. The van der Waals surface area contributed by atoms with Crippen LogP contribution in [0.5, 0.6) is 0 Å². The molecule has 0 saturated heterocycles. The van der Waals surface area contributed by atoms with Gasteiger partial charge in [0.25, 0.3) is 5.91 Å². The van der Waals surface area contributed by atoms with E-state index in [0.29, 0.717) is 16.9 Å². The maximum Gasteiger partial charge on any atom is 0.342 e. The van der Waals surface area contributed by atoms with Crippen LogP contribution >= 0.6 is 0 Å². The van der Waals surface area contributed by atoms with Crippen molar-refractivity contribution in [2.24, 2.45) is 0 Å². The lowest BCUT2D eigenvalue weighted by Gasteiger charge is -2.04. The van der Waals surface area contributed by atoms with Crippen molar-refractivity contribution in [2.75, 3.05) is 11.9 Å². The number of aromatic amines is 1. The maximum atomic E-state index is 11.6. The van der Waals surface area contributed by atoms with E-state index in [1.165, 1.54) is 6.20 Å². The summed E-state index contributed by atoms with van der Waals surface area (Å²) in [4.78, 5) is 25.4. The third-order valence-corrected chi connectivity index (χ3v) is 1.94. The lowest BCUT2D eigenvalue weighted by atomic mass is 10.2. The molecule has 0 radical (unpaired) electrons. The smallest absolute Gasteiger partial charge is 0.342 e. The predicted molar refractivity (Wildman–Crippen MR) is 58.9 cm³/mol. The van der Waals surface area contributed by atoms with E-state index >= 15 is 0 Å². The third kappa shape index (κ3) is 2.42. The number of rotatable bonds is 3. The Morgan fingerprint density at radius 1 is 1.62 bits per heavy atom. The van der Waals surface area contributed by atoms with Gasteiger partial charge in [0.2, 0.25) is 0 Å². The molecule has 0 fully saturated rings. The van der Waals surface area contributed by atoms with Crippen LogP contribution < -0.4 is 5.32 Å². The van der Waals surface area contributed by atoms with Crippen LogP contribution in [0, 0.1) is 19.3 Å². The molecule has 0 aliphatic carbocycles. The van der Waals surface area contributed by atoms with Gasteiger partial charge in [-0.2, -0.15) is 0 Å². The Labute approximate surface area is 93.2 Å². The van der Waals surface area contributed by atoms with Crippen molar-refractivity contribution in [1.82, 2.24) is 4.98 Å². The van der Waals surface area contributed by atoms with Gasteiger partial charge in [-0.15, -0.1) is 6.42 Å². The molecule has 0 bridgehead atoms. The Morgan fingerprint density at radius 3 is 2.88 bits per heavy atom. The normalized spacial score (nSPS) is 9.31. The van der Waals surface area contributed by atoms with Crippen LogP contribution in [0.3, 0.4) is 0 Å². The summed E-state index contributed by atoms with van der Waals surface area (Å²) in [5.41, 5.74) is 1.25. The lowest BCUT2D eigenvalue weighted by Crippen LogP contribution is -2.13. The molecule has 1 heterocycles. The molecule has 0 unspecified atom stereocenters. The summed E-state index contributed by atoms with van der Waals surface area (Å²) >= 11 is 0. The quantitative estimate of drug-likeness (QED) is 0.591. The van der Waals surface area contributed by atoms with Crippen LogP contribution in [-0.2, 0) is 9.53 Å². The highest BCUT2D eigenvalue weighted by molar-refractivity contribution is 6.07. The number of anilines is 1. The second-order valence-electron chi connectivity index (χ2n) is 3.02. The first-order valence-electron chi connectivity index (χ1n) is 4.72. The van der Waals surface area contributed by atoms with Crippen molar-refractivity contribution < 1.29 is 14.3 Å². The average Bonchev–Trinajstić information content (AvgIpc) is 2.60. The predicted octanol–water partition coefficient (Wildman–Crippen LogP) is 1.07. The van der Waals surface area contributed by atoms with Crippen LogP contribution in [0.15, 0.2) is 6.20 Å². The van der Waals surface area contributed by atoms with Gasteiger partial charge in [-0.1, -0.05) is 0 Å². The van der Waals surface area contributed by atoms with E-state index in [9.17, 15) is 9.59 Å². The highest BCUT2D eigenvalue weighted by atomic mass is 16.5. The number of hydrogen-bond donors (Lipinski definition) is 2. The molecule has 1 rings (SSSR count). The SMILES string of the molecule is C#CC(=O)Nc1c[nH]c(C)c1C(=O)OCC. The number of amides is 1. The van der Waals surface area contributed by atoms with Gasteiger partial charge in [0.1, 0.15) is 5.56 Å². The monoisotopic (exact) mass is 220 g/mol. The van der Waals surface area contributed by atoms with E-state index in [4.69, 9.17) is 11.2 Å². The molecule has 5 nitrogen and oxygen atoms in total. The van der Waals surface area contributed by atoms with Gasteiger partial charge in [-0.25, -0.2) is 4.79 Å². The minimum atomic E-state index is -0.607. The first-order chi connectivity index (χ1) is 7.60. The van der Waals surface area contributed by atoms with Crippen LogP contribution in [0.2, 0.25) is 0 Å². The second kappa shape index (κ2) is 5.03. The van der Waals surface area contributed by atoms with E-state index in [1.54, 1.807) is 13.8 Å². The zero-order valence-corrected chi connectivity index (χ0v) is 9.09. The summed E-state index contributed by atoms with van der Waals surface area (Å²) in [6.45, 7) is 3.68. The Hall–Kier alpha value is -2.22. The third-order valence-electron chi connectivity index (χ3n) is 1.94. The number of esters is 1. The molecule has 1 aromatic heterocycles. The maximum absolute atomic E-state index is 11.6. The minimum absolute atomic E-state index is 0.270. The molecule has 1 amide bonds. The van der Waals surface area contributed by atoms with Gasteiger partial charge in [-0.3, -0.25) is 4.79 Å². The molecular weight excluding hydrogens is 208 g/mol. The fourth-order valence-electron chi connectivity index (χ4n) is 1.25. The van der Waals surface area contributed by atoms with E-state index in [0.717, 1.165) is 0 Å². The fourth-order valence-corrected chi connectivity index (χ4v) is 1.25. The molecule has 84 valence electrons. The highest BCUT2D eigenvalue weighted by Crippen LogP contribution is 2.20. The number of aromatic nitrogens is 1. The van der Waals surface area contributed by atoms with E-state index in [-0.39, 0.29) is 6.61 Å². The summed E-state index contributed by atoms with van der Waals surface area (Å²) in [5, 5.41) is 2.41. The van der Waals surface area contributed by atoms with Crippen molar-refractivity contribution in [3.05, 3.63) is 17.5 Å². The summed E-state index contributed by atoms with van der Waals surface area (Å²) in [6, 6.07) is 0. The van der Waals surface area contributed by atoms with Gasteiger partial charge in [-0.05, 0) is 19.8 Å². The lowest BCUT2D eigenvalue weighted by molar-refractivity contribution is -0.111. The number of carbonyl (C=O) groups is 2. The largest absolute Gasteiger partial charge is 0.462 e. The van der Waals surface area contributed by atoms with Crippen molar-refractivity contribution in [3.8, 4) is 12.3 Å². The van der Waals surface area contributed by atoms with Crippen LogP contribution in [-0.4, -0.2) is 23.5 Å². The molecule has 0 aliphatic heterocycles. The topological polar surface area (TPSA) is 71.2 Å². The molecule has 0 atom stereocenters. The molecule has 16 heavy (non-hydrogen) atoms. The molecular formula is C11H12N2O3. The zero-order valence-electron chi connectivity index (χ0n) is 9.09. The van der Waals surface area contributed by atoms with E-state index < -0.39 is 11.9 Å². The van der Waals surface area contributed by atoms with Gasteiger partial charge < -0.3 is 15.0 Å². The molecule has 5 heteroatoms. The Bertz CT molecular complexity index is 454. The standard InChI is InChI=1S/C11H12N2O3/c1-4-9(14)13-8-6-12-7(3)10(8)11(15)16-5-2/h1,6,12H,5H2,2-3H3,(H,13,14). The molecule has 0 saturated carbocycles. The number of carbonyl (C=O) groups excluding carboxylic acids is 2. The van der Waals surface area contributed by atoms with Crippen molar-refractivity contribution in [2.45, 2.75) is 13.8 Å². The number of terminal acetylenes is 1. The number of H-pyrrole nitrogens is 1. The molecule has 0 aromatic carbocycles. The molecule has 2 N–H and O–H groups in total. The van der Waals surface area contributed by atoms with Crippen LogP contribution in [0.4, 0.5) is 5.69 Å². The van der Waals surface area contributed by atoms with Gasteiger partial charge in [0.15, 0.2) is 0 Å². The van der Waals surface area contributed by atoms with E-state index in [2.05, 4.69) is 10.3 Å². The Morgan fingerprint density at radius 2 is 2.31 bits per heavy atom. The molecule has 0 aliphatic rings. The first kappa shape index (κ1) is 11.9. The van der Waals surface area contributed by atoms with E-state index in [1.807, 2.05) is 5.92 Å². The average molecular weight is 220 g/mol. The Balaban J connectivity index is 2.99. The molecule has 1 aromatic rings. The number of nitrogens with one attached hydrogen (secondary N) is 2. The number of hydrogen-bond acceptors (Lipinski definition) is 3. The van der Waals surface area contributed by atoms with Gasteiger partial charge in [0, 0.05) is 11.9 Å². The summed E-state index contributed by atoms with van der Waals surface area (Å²) in [7, 11) is 0.